The fourth-order valence-electron chi connectivity index (χ4n) is 1.33. The molecule has 0 aromatic carbocycles. The summed E-state index contributed by atoms with van der Waals surface area (Å²) in [6, 6.07) is 0. The molecule has 4 nitrogen and oxygen atoms in total. The van der Waals surface area contributed by atoms with Gasteiger partial charge in [-0.1, -0.05) is 48.5 Å². The van der Waals surface area contributed by atoms with Gasteiger partial charge in [0.2, 0.25) is 0 Å². The molecule has 0 amide bonds. The van der Waals surface area contributed by atoms with Crippen molar-refractivity contribution in [2.45, 2.75) is 31.8 Å². The van der Waals surface area contributed by atoms with Crippen LogP contribution in [0.15, 0.2) is 34.7 Å². The molecule has 0 spiro atoms. The molecule has 0 aromatic rings. The minimum atomic E-state index is -0.830. The van der Waals surface area contributed by atoms with Gasteiger partial charge in [0.25, 0.3) is 0 Å². The summed E-state index contributed by atoms with van der Waals surface area (Å²) in [4.78, 5) is 21.3. The highest BCUT2D eigenvalue weighted by molar-refractivity contribution is 5.33. The summed E-state index contributed by atoms with van der Waals surface area (Å²) in [5.74, 6) is 0.0729. The fraction of sp³-hybridized carbons (Fsp3) is 0.600. The summed E-state index contributed by atoms with van der Waals surface area (Å²) in [6.07, 6.45) is 6.57. The van der Waals surface area contributed by atoms with Crippen LogP contribution >= 0.6 is 0 Å². The lowest BCUT2D eigenvalue weighted by Gasteiger charge is -2.28. The lowest BCUT2D eigenvalue weighted by molar-refractivity contribution is 0.451. The number of rotatable bonds is 3. The van der Waals surface area contributed by atoms with Crippen LogP contribution < -0.4 is 0 Å². The predicted octanol–water partition coefficient (Wildman–Crippen LogP) is 2.80. The molecule has 0 aliphatic heterocycles. The Morgan fingerprint density at radius 1 is 1.00 bits per heavy atom. The molecule has 0 N–H and O–H groups in total. The van der Waals surface area contributed by atoms with E-state index in [1.807, 2.05) is 13.8 Å². The second kappa shape index (κ2) is 3.44. The van der Waals surface area contributed by atoms with Crippen LogP contribution in [-0.4, -0.2) is 11.1 Å². The van der Waals surface area contributed by atoms with Crippen LogP contribution in [0.4, 0.5) is 0 Å². The van der Waals surface area contributed by atoms with Crippen molar-refractivity contribution in [2.24, 2.45) is 16.3 Å². The summed E-state index contributed by atoms with van der Waals surface area (Å²) < 4.78 is 0. The Morgan fingerprint density at radius 2 is 1.50 bits per heavy atom. The summed E-state index contributed by atoms with van der Waals surface area (Å²) in [6.45, 7) is 5.50. The van der Waals surface area contributed by atoms with Gasteiger partial charge in [0, 0.05) is 0 Å². The smallest absolute Gasteiger partial charge is 0.141 e. The van der Waals surface area contributed by atoms with Crippen LogP contribution in [-0.2, 0) is 0 Å². The van der Waals surface area contributed by atoms with E-state index in [1.165, 1.54) is 0 Å². The first-order valence-corrected chi connectivity index (χ1v) is 4.58. The lowest BCUT2D eigenvalue weighted by atomic mass is 9.80. The van der Waals surface area contributed by atoms with Crippen molar-refractivity contribution in [3.05, 3.63) is 34.1 Å². The highest BCUT2D eigenvalue weighted by Crippen LogP contribution is 2.32. The minimum absolute atomic E-state index is 0.0729. The summed E-state index contributed by atoms with van der Waals surface area (Å²) >= 11 is 0. The first kappa shape index (κ1) is 10.8. The zero-order valence-electron chi connectivity index (χ0n) is 8.60. The molecule has 0 saturated heterocycles. The molecule has 0 atom stereocenters. The van der Waals surface area contributed by atoms with Crippen molar-refractivity contribution < 1.29 is 0 Å². The van der Waals surface area contributed by atoms with Crippen molar-refractivity contribution in [3.8, 4) is 0 Å². The Balaban J connectivity index is 3.02. The van der Waals surface area contributed by atoms with E-state index >= 15 is 0 Å². The lowest BCUT2D eigenvalue weighted by Crippen LogP contribution is -2.33. The van der Waals surface area contributed by atoms with Crippen LogP contribution in [0.5, 0.6) is 0 Å². The third kappa shape index (κ3) is 1.64. The fourth-order valence-corrected chi connectivity index (χ4v) is 1.33. The van der Waals surface area contributed by atoms with Gasteiger partial charge in [-0.3, -0.25) is 0 Å². The first-order chi connectivity index (χ1) is 6.48. The van der Waals surface area contributed by atoms with Gasteiger partial charge in [-0.05, 0) is 12.8 Å². The van der Waals surface area contributed by atoms with Gasteiger partial charge >= 0.3 is 0 Å². The zero-order valence-corrected chi connectivity index (χ0v) is 8.60. The molecule has 0 saturated carbocycles. The number of hydrogen-bond acceptors (Lipinski definition) is 4. The predicted molar refractivity (Wildman–Crippen MR) is 55.8 cm³/mol. The molecule has 0 heterocycles. The molecular weight excluding hydrogens is 180 g/mol. The monoisotopic (exact) mass is 194 g/mol. The second-order valence-corrected chi connectivity index (χ2v) is 4.12. The van der Waals surface area contributed by atoms with Gasteiger partial charge in [0.1, 0.15) is 11.1 Å². The van der Waals surface area contributed by atoms with E-state index in [-0.39, 0.29) is 5.92 Å². The highest BCUT2D eigenvalue weighted by atomic mass is 16.3. The summed E-state index contributed by atoms with van der Waals surface area (Å²) in [7, 11) is 0. The molecule has 0 aromatic heterocycles. The summed E-state index contributed by atoms with van der Waals surface area (Å²) in [5, 5.41) is 6.08. The Kier molecular flexibility index (Phi) is 2.64. The standard InChI is InChI=1S/C10H14N2O2/c1-8(2)10(12-14)6-4-9(3,11-13)5-7-10/h4-8H,1-3H3. The minimum Gasteiger partial charge on any atom is -0.150 e. The topological polar surface area (TPSA) is 58.9 Å². The highest BCUT2D eigenvalue weighted by Gasteiger charge is 2.35. The van der Waals surface area contributed by atoms with Gasteiger partial charge in [-0.2, -0.15) is 0 Å². The van der Waals surface area contributed by atoms with Gasteiger partial charge in [0.05, 0.1) is 0 Å². The van der Waals surface area contributed by atoms with E-state index < -0.39 is 11.1 Å². The Morgan fingerprint density at radius 3 is 1.79 bits per heavy atom. The molecule has 0 fully saturated rings. The van der Waals surface area contributed by atoms with Crippen molar-refractivity contribution >= 4 is 0 Å². The third-order valence-electron chi connectivity index (χ3n) is 2.66. The van der Waals surface area contributed by atoms with E-state index in [2.05, 4.69) is 10.4 Å². The Bertz CT molecular complexity index is 291. The molecule has 0 bridgehead atoms. The average molecular weight is 194 g/mol. The molecule has 4 heteroatoms. The van der Waals surface area contributed by atoms with Crippen LogP contribution in [0.1, 0.15) is 20.8 Å². The SMILES string of the molecule is CC(C)C1(N=O)C=CC(C)(N=O)C=C1. The van der Waals surface area contributed by atoms with E-state index in [1.54, 1.807) is 31.2 Å². The summed E-state index contributed by atoms with van der Waals surface area (Å²) in [5.41, 5.74) is -1.65. The van der Waals surface area contributed by atoms with Gasteiger partial charge in [-0.25, -0.2) is 0 Å². The third-order valence-corrected chi connectivity index (χ3v) is 2.66. The maximum atomic E-state index is 10.8. The van der Waals surface area contributed by atoms with Crippen LogP contribution in [0.3, 0.4) is 0 Å². The molecule has 0 radical (unpaired) electrons. The van der Waals surface area contributed by atoms with E-state index in [4.69, 9.17) is 0 Å². The van der Waals surface area contributed by atoms with E-state index in [0.29, 0.717) is 0 Å². The quantitative estimate of drug-likeness (QED) is 0.512. The largest absolute Gasteiger partial charge is 0.150 e. The maximum Gasteiger partial charge on any atom is 0.141 e. The van der Waals surface area contributed by atoms with Crippen LogP contribution in [0.25, 0.3) is 0 Å². The second-order valence-electron chi connectivity index (χ2n) is 4.12. The van der Waals surface area contributed by atoms with Crippen molar-refractivity contribution in [1.29, 1.82) is 0 Å². The van der Waals surface area contributed by atoms with E-state index in [0.717, 1.165) is 0 Å². The number of nitrogens with zero attached hydrogens (tertiary/aromatic N) is 2. The first-order valence-electron chi connectivity index (χ1n) is 4.58. The van der Waals surface area contributed by atoms with Crippen molar-refractivity contribution in [3.63, 3.8) is 0 Å². The molecule has 1 aliphatic rings. The van der Waals surface area contributed by atoms with Crippen molar-refractivity contribution in [2.75, 3.05) is 0 Å². The van der Waals surface area contributed by atoms with Gasteiger partial charge < -0.3 is 0 Å². The molecule has 0 unspecified atom stereocenters. The van der Waals surface area contributed by atoms with Gasteiger partial charge in [0.15, 0.2) is 0 Å². The van der Waals surface area contributed by atoms with Crippen LogP contribution in [0.2, 0.25) is 0 Å². The molecule has 76 valence electrons. The molecule has 1 rings (SSSR count). The van der Waals surface area contributed by atoms with Crippen LogP contribution in [0, 0.1) is 15.7 Å². The van der Waals surface area contributed by atoms with Gasteiger partial charge in [-0.15, -0.1) is 9.81 Å². The molecule has 14 heavy (non-hydrogen) atoms. The Labute approximate surface area is 83.0 Å². The maximum absolute atomic E-state index is 10.8. The van der Waals surface area contributed by atoms with E-state index in [9.17, 15) is 9.81 Å². The molecule has 1 aliphatic carbocycles. The average Bonchev–Trinajstić information content (AvgIpc) is 2.19. The molecular formula is C10H14N2O2. The number of nitroso groups, excluding NO2 is 2. The zero-order chi connectivity index (χ0) is 10.8. The van der Waals surface area contributed by atoms with Crippen molar-refractivity contribution in [1.82, 2.24) is 0 Å². The Hall–Kier alpha value is -1.32. The normalized spacial score (nSPS) is 36.0. The number of hydrogen-bond donors (Lipinski definition) is 0.